The van der Waals surface area contributed by atoms with Crippen LogP contribution in [0.4, 0.5) is 17.3 Å². The van der Waals surface area contributed by atoms with Crippen LogP contribution in [0, 0.1) is 13.8 Å². The Morgan fingerprint density at radius 3 is 2.26 bits per heavy atom. The molecule has 0 unspecified atom stereocenters. The summed E-state index contributed by atoms with van der Waals surface area (Å²) in [4.78, 5) is 20.8. The number of rotatable bonds is 5. The van der Waals surface area contributed by atoms with Gasteiger partial charge < -0.3 is 15.4 Å². The van der Waals surface area contributed by atoms with Gasteiger partial charge in [0.2, 0.25) is 5.95 Å². The van der Waals surface area contributed by atoms with Crippen LogP contribution in [0.15, 0.2) is 48.8 Å². The lowest BCUT2D eigenvalue weighted by Gasteiger charge is -2.09. The third-order valence-corrected chi connectivity index (χ3v) is 4.10. The highest BCUT2D eigenvalue weighted by Crippen LogP contribution is 2.27. The molecule has 1 aromatic heterocycles. The van der Waals surface area contributed by atoms with Gasteiger partial charge in [0.15, 0.2) is 0 Å². The predicted octanol–water partition coefficient (Wildman–Crippen LogP) is 4.75. The van der Waals surface area contributed by atoms with E-state index in [2.05, 4.69) is 26.7 Å². The number of carbonyl (C=O) groups excluding carboxylic acids is 1. The van der Waals surface area contributed by atoms with Gasteiger partial charge in [0, 0.05) is 23.8 Å². The summed E-state index contributed by atoms with van der Waals surface area (Å²) >= 11 is 6.07. The quantitative estimate of drug-likeness (QED) is 0.665. The lowest BCUT2D eigenvalue weighted by atomic mass is 10.1. The number of anilines is 3. The molecule has 0 aliphatic rings. The lowest BCUT2D eigenvalue weighted by molar-refractivity contribution is 0.102. The van der Waals surface area contributed by atoms with Gasteiger partial charge in [0.05, 0.1) is 17.7 Å². The lowest BCUT2D eigenvalue weighted by Crippen LogP contribution is -2.13. The molecule has 0 fully saturated rings. The molecule has 3 aromatic rings. The number of ether oxygens (including phenoxy) is 1. The first-order valence-electron chi connectivity index (χ1n) is 8.27. The Balaban J connectivity index is 1.69. The number of hydrogen-bond donors (Lipinski definition) is 2. The van der Waals surface area contributed by atoms with Crippen molar-refractivity contribution in [1.82, 2.24) is 9.97 Å². The molecule has 0 spiro atoms. The third-order valence-electron chi connectivity index (χ3n) is 3.80. The molecule has 1 amide bonds. The minimum absolute atomic E-state index is 0.325. The summed E-state index contributed by atoms with van der Waals surface area (Å²) in [6.45, 7) is 4.05. The molecule has 6 nitrogen and oxygen atoms in total. The van der Waals surface area contributed by atoms with Crippen molar-refractivity contribution in [2.75, 3.05) is 17.7 Å². The highest BCUT2D eigenvalue weighted by molar-refractivity contribution is 6.32. The number of benzene rings is 2. The molecular weight excluding hydrogens is 364 g/mol. The summed E-state index contributed by atoms with van der Waals surface area (Å²) in [5.74, 6) is 0.637. The van der Waals surface area contributed by atoms with E-state index in [1.165, 1.54) is 19.5 Å². The van der Waals surface area contributed by atoms with E-state index in [4.69, 9.17) is 16.3 Å². The molecule has 27 heavy (non-hydrogen) atoms. The molecule has 0 radical (unpaired) electrons. The second-order valence-corrected chi connectivity index (χ2v) is 6.51. The third kappa shape index (κ3) is 4.74. The van der Waals surface area contributed by atoms with Gasteiger partial charge in [-0.05, 0) is 55.3 Å². The van der Waals surface area contributed by atoms with Gasteiger partial charge in [-0.15, -0.1) is 0 Å². The smallest absolute Gasteiger partial charge is 0.258 e. The van der Waals surface area contributed by atoms with E-state index in [-0.39, 0.29) is 5.91 Å². The average Bonchev–Trinajstić information content (AvgIpc) is 2.61. The van der Waals surface area contributed by atoms with Crippen molar-refractivity contribution in [1.29, 1.82) is 0 Å². The Bertz CT molecular complexity index is 954. The van der Waals surface area contributed by atoms with E-state index < -0.39 is 0 Å². The van der Waals surface area contributed by atoms with E-state index in [0.29, 0.717) is 28.0 Å². The second kappa shape index (κ2) is 8.05. The zero-order valence-electron chi connectivity index (χ0n) is 15.2. The molecule has 3 rings (SSSR count). The fraction of sp³-hybridized carbons (Fsp3) is 0.150. The summed E-state index contributed by atoms with van der Waals surface area (Å²) in [5.41, 5.74) is 4.09. The molecule has 2 aromatic carbocycles. The van der Waals surface area contributed by atoms with E-state index in [1.807, 2.05) is 26.0 Å². The molecule has 0 bridgehead atoms. The van der Waals surface area contributed by atoms with E-state index >= 15 is 0 Å². The van der Waals surface area contributed by atoms with Gasteiger partial charge in [0.1, 0.15) is 5.75 Å². The molecule has 138 valence electrons. The van der Waals surface area contributed by atoms with Gasteiger partial charge in [-0.1, -0.05) is 17.7 Å². The van der Waals surface area contributed by atoms with Crippen LogP contribution in [-0.4, -0.2) is 23.0 Å². The van der Waals surface area contributed by atoms with Crippen LogP contribution in [0.1, 0.15) is 21.5 Å². The molecule has 7 heteroatoms. The minimum atomic E-state index is -0.325. The minimum Gasteiger partial charge on any atom is -0.495 e. The van der Waals surface area contributed by atoms with Crippen molar-refractivity contribution >= 4 is 34.8 Å². The highest BCUT2D eigenvalue weighted by atomic mass is 35.5. The summed E-state index contributed by atoms with van der Waals surface area (Å²) in [6, 6.07) is 11.1. The van der Waals surface area contributed by atoms with Crippen molar-refractivity contribution < 1.29 is 9.53 Å². The van der Waals surface area contributed by atoms with Gasteiger partial charge >= 0.3 is 0 Å². The van der Waals surface area contributed by atoms with Crippen LogP contribution in [-0.2, 0) is 0 Å². The zero-order valence-corrected chi connectivity index (χ0v) is 16.0. The normalized spacial score (nSPS) is 10.4. The molecule has 0 saturated carbocycles. The predicted molar refractivity (Wildman–Crippen MR) is 107 cm³/mol. The van der Waals surface area contributed by atoms with E-state index in [0.717, 1.165) is 16.8 Å². The SMILES string of the molecule is COc1ccc(NC(=O)c2cnc(Nc3cc(C)cc(C)c3)nc2)cc1Cl. The maximum absolute atomic E-state index is 12.4. The first-order valence-corrected chi connectivity index (χ1v) is 8.64. The van der Waals surface area contributed by atoms with Crippen LogP contribution >= 0.6 is 11.6 Å². The monoisotopic (exact) mass is 382 g/mol. The number of amides is 1. The number of nitrogens with zero attached hydrogens (tertiary/aromatic N) is 2. The van der Waals surface area contributed by atoms with E-state index in [1.54, 1.807) is 18.2 Å². The maximum Gasteiger partial charge on any atom is 0.258 e. The van der Waals surface area contributed by atoms with Crippen molar-refractivity contribution in [2.45, 2.75) is 13.8 Å². The number of nitrogens with one attached hydrogen (secondary N) is 2. The molecule has 0 aliphatic carbocycles. The number of aryl methyl sites for hydroxylation is 2. The summed E-state index contributed by atoms with van der Waals surface area (Å²) in [5, 5.41) is 6.31. The van der Waals surface area contributed by atoms with Crippen molar-refractivity contribution in [3.63, 3.8) is 0 Å². The average molecular weight is 383 g/mol. The Hall–Kier alpha value is -3.12. The van der Waals surface area contributed by atoms with Gasteiger partial charge in [-0.2, -0.15) is 0 Å². The summed E-state index contributed by atoms with van der Waals surface area (Å²) < 4.78 is 5.09. The topological polar surface area (TPSA) is 76.1 Å². The molecule has 0 atom stereocenters. The summed E-state index contributed by atoms with van der Waals surface area (Å²) in [6.07, 6.45) is 2.94. The maximum atomic E-state index is 12.4. The highest BCUT2D eigenvalue weighted by Gasteiger charge is 2.10. The molecule has 2 N–H and O–H groups in total. The van der Waals surface area contributed by atoms with Crippen molar-refractivity contribution in [2.24, 2.45) is 0 Å². The van der Waals surface area contributed by atoms with Crippen molar-refractivity contribution in [3.8, 4) is 5.75 Å². The largest absolute Gasteiger partial charge is 0.495 e. The fourth-order valence-corrected chi connectivity index (χ4v) is 2.89. The Morgan fingerprint density at radius 2 is 1.67 bits per heavy atom. The Morgan fingerprint density at radius 1 is 1.00 bits per heavy atom. The first kappa shape index (κ1) is 18.7. The van der Waals surface area contributed by atoms with Crippen LogP contribution in [0.25, 0.3) is 0 Å². The molecule has 1 heterocycles. The number of carbonyl (C=O) groups is 1. The Kier molecular flexibility index (Phi) is 5.57. The van der Waals surface area contributed by atoms with E-state index in [9.17, 15) is 4.79 Å². The van der Waals surface area contributed by atoms with Crippen LogP contribution in [0.2, 0.25) is 5.02 Å². The van der Waals surface area contributed by atoms with Gasteiger partial charge in [-0.3, -0.25) is 4.79 Å². The van der Waals surface area contributed by atoms with Gasteiger partial charge in [0.25, 0.3) is 5.91 Å². The number of methoxy groups -OCH3 is 1. The molecule has 0 saturated heterocycles. The van der Waals surface area contributed by atoms with Crippen molar-refractivity contribution in [3.05, 3.63) is 70.5 Å². The first-order chi connectivity index (χ1) is 12.9. The Labute approximate surface area is 162 Å². The number of aromatic nitrogens is 2. The van der Waals surface area contributed by atoms with Crippen LogP contribution < -0.4 is 15.4 Å². The standard InChI is InChI=1S/C20H19ClN4O2/c1-12-6-13(2)8-16(7-12)25-20-22-10-14(11-23-20)19(26)24-15-4-5-18(27-3)17(21)9-15/h4-11H,1-3H3,(H,24,26)(H,22,23,25). The van der Waals surface area contributed by atoms with Crippen LogP contribution in [0.3, 0.4) is 0 Å². The zero-order chi connectivity index (χ0) is 19.4. The molecule has 0 aliphatic heterocycles. The summed E-state index contributed by atoms with van der Waals surface area (Å²) in [7, 11) is 1.53. The van der Waals surface area contributed by atoms with Gasteiger partial charge in [-0.25, -0.2) is 9.97 Å². The fourth-order valence-electron chi connectivity index (χ4n) is 2.63. The number of hydrogen-bond acceptors (Lipinski definition) is 5. The van der Waals surface area contributed by atoms with Crippen LogP contribution in [0.5, 0.6) is 5.75 Å². The number of halogens is 1. The molecular formula is C20H19ClN4O2. The second-order valence-electron chi connectivity index (χ2n) is 6.10.